The highest BCUT2D eigenvalue weighted by molar-refractivity contribution is 7.13. The zero-order chi connectivity index (χ0) is 23.5. The molecule has 1 aliphatic heterocycles. The van der Waals surface area contributed by atoms with Gasteiger partial charge in [-0.15, -0.1) is 11.3 Å². The van der Waals surface area contributed by atoms with Crippen molar-refractivity contribution in [2.45, 2.75) is 44.4 Å². The number of likely N-dealkylation sites (N-methyl/N-ethyl adjacent to an activating group) is 1. The lowest BCUT2D eigenvalue weighted by Crippen LogP contribution is -2.51. The van der Waals surface area contributed by atoms with Crippen molar-refractivity contribution < 1.29 is 14.4 Å². The lowest BCUT2D eigenvalue weighted by atomic mass is 9.83. The molecule has 2 aliphatic rings. The zero-order valence-electron chi connectivity index (χ0n) is 19.0. The number of amides is 2. The van der Waals surface area contributed by atoms with E-state index in [1.165, 1.54) is 17.5 Å². The van der Waals surface area contributed by atoms with E-state index in [1.54, 1.807) is 31.1 Å². The van der Waals surface area contributed by atoms with E-state index in [0.29, 0.717) is 35.1 Å². The van der Waals surface area contributed by atoms with Crippen LogP contribution in [0.2, 0.25) is 5.02 Å². The summed E-state index contributed by atoms with van der Waals surface area (Å²) in [7, 11) is 5.57. The third-order valence-electron chi connectivity index (χ3n) is 6.05. The summed E-state index contributed by atoms with van der Waals surface area (Å²) in [6.45, 7) is 1.75. The number of hydrogen-bond donors (Lipinski definition) is 2. The number of fused-ring (bicyclic) bond motifs is 1. The largest absolute Gasteiger partial charge is 0.349 e. The lowest BCUT2D eigenvalue weighted by Gasteiger charge is -2.36. The van der Waals surface area contributed by atoms with E-state index in [-0.39, 0.29) is 29.9 Å². The van der Waals surface area contributed by atoms with Gasteiger partial charge in [0.1, 0.15) is 11.9 Å². The van der Waals surface area contributed by atoms with Gasteiger partial charge in [0.25, 0.3) is 5.91 Å². The van der Waals surface area contributed by atoms with E-state index in [2.05, 4.69) is 32.7 Å². The summed E-state index contributed by atoms with van der Waals surface area (Å²) >= 11 is 7.34. The summed E-state index contributed by atoms with van der Waals surface area (Å²) in [6.07, 6.45) is 3.86. The van der Waals surface area contributed by atoms with E-state index < -0.39 is 0 Å². The van der Waals surface area contributed by atoms with Crippen molar-refractivity contribution in [3.63, 3.8) is 0 Å². The van der Waals surface area contributed by atoms with Crippen LogP contribution in [0.1, 0.15) is 39.6 Å². The highest BCUT2D eigenvalue weighted by Crippen LogP contribution is 2.30. The highest BCUT2D eigenvalue weighted by atomic mass is 35.5. The molecular formula is C22H29ClN6O3S. The zero-order valence-corrected chi connectivity index (χ0v) is 20.6. The Balaban J connectivity index is 1.46. The molecule has 0 aromatic carbocycles. The van der Waals surface area contributed by atoms with Gasteiger partial charge in [-0.05, 0) is 38.4 Å². The smallest absolute Gasteiger partial charge is 0.280 e. The molecule has 4 rings (SSSR count). The topological polar surface area (TPSA) is 99.7 Å². The maximum Gasteiger partial charge on any atom is 0.280 e. The van der Waals surface area contributed by atoms with Crippen molar-refractivity contribution in [2.75, 3.05) is 33.2 Å². The number of rotatable bonds is 6. The van der Waals surface area contributed by atoms with Gasteiger partial charge in [0.15, 0.2) is 5.01 Å². The minimum atomic E-state index is -0.344. The van der Waals surface area contributed by atoms with Crippen LogP contribution in [0.5, 0.6) is 0 Å². The molecule has 0 radical (unpaired) electrons. The van der Waals surface area contributed by atoms with Crippen LogP contribution in [-0.4, -0.2) is 71.4 Å². The number of hydrogen-bond acceptors (Lipinski definition) is 8. The monoisotopic (exact) mass is 492 g/mol. The molecule has 1 aliphatic carbocycles. The van der Waals surface area contributed by atoms with Crippen molar-refractivity contribution in [1.29, 1.82) is 0 Å². The Hall–Kier alpha value is -2.27. The van der Waals surface area contributed by atoms with Crippen LogP contribution in [0.4, 0.5) is 5.82 Å². The van der Waals surface area contributed by atoms with Crippen LogP contribution in [-0.2, 0) is 22.6 Å². The molecule has 33 heavy (non-hydrogen) atoms. The van der Waals surface area contributed by atoms with Gasteiger partial charge in [-0.1, -0.05) is 11.6 Å². The van der Waals surface area contributed by atoms with E-state index in [0.717, 1.165) is 30.1 Å². The quantitative estimate of drug-likeness (QED) is 0.598. The van der Waals surface area contributed by atoms with Gasteiger partial charge in [-0.25, -0.2) is 15.4 Å². The van der Waals surface area contributed by atoms with Crippen molar-refractivity contribution in [3.8, 4) is 0 Å². The Labute approximate surface area is 202 Å². The van der Waals surface area contributed by atoms with Crippen LogP contribution < -0.4 is 10.8 Å². The Bertz CT molecular complexity index is 999. The number of nitrogens with zero attached hydrogens (tertiary/aromatic N) is 4. The van der Waals surface area contributed by atoms with E-state index in [9.17, 15) is 9.59 Å². The number of nitrogens with one attached hydrogen (secondary N) is 2. The molecule has 2 aromatic rings. The number of anilines is 1. The summed E-state index contributed by atoms with van der Waals surface area (Å²) in [5.74, 6) is 0.190. The number of halogens is 1. The molecule has 11 heteroatoms. The van der Waals surface area contributed by atoms with Crippen molar-refractivity contribution in [3.05, 3.63) is 38.9 Å². The first-order valence-electron chi connectivity index (χ1n) is 11.0. The second kappa shape index (κ2) is 10.3. The number of pyridine rings is 1. The minimum Gasteiger partial charge on any atom is -0.349 e. The van der Waals surface area contributed by atoms with Gasteiger partial charge < -0.3 is 15.1 Å². The van der Waals surface area contributed by atoms with E-state index >= 15 is 0 Å². The van der Waals surface area contributed by atoms with Crippen LogP contribution in [0.15, 0.2) is 18.3 Å². The van der Waals surface area contributed by atoms with Gasteiger partial charge >= 0.3 is 0 Å². The first-order chi connectivity index (χ1) is 15.8. The van der Waals surface area contributed by atoms with Gasteiger partial charge in [0, 0.05) is 50.6 Å². The fourth-order valence-corrected chi connectivity index (χ4v) is 5.45. The van der Waals surface area contributed by atoms with Gasteiger partial charge in [-0.3, -0.25) is 14.4 Å². The van der Waals surface area contributed by atoms with Gasteiger partial charge in [0.05, 0.1) is 16.8 Å². The molecule has 3 heterocycles. The highest BCUT2D eigenvalue weighted by Gasteiger charge is 2.37. The molecule has 0 unspecified atom stereocenters. The summed E-state index contributed by atoms with van der Waals surface area (Å²) in [5, 5.41) is 4.09. The molecule has 1 saturated carbocycles. The molecular weight excluding hydrogens is 464 g/mol. The predicted molar refractivity (Wildman–Crippen MR) is 127 cm³/mol. The molecule has 2 aromatic heterocycles. The fraction of sp³-hybridized carbons (Fsp3) is 0.545. The minimum absolute atomic E-state index is 0.0628. The number of carbonyl (C=O) groups excluding carboxylic acids is 2. The molecule has 178 valence electrons. The first kappa shape index (κ1) is 23.9. The third-order valence-corrected chi connectivity index (χ3v) is 7.36. The third kappa shape index (κ3) is 5.81. The summed E-state index contributed by atoms with van der Waals surface area (Å²) in [6, 6.07) is 3.09. The van der Waals surface area contributed by atoms with E-state index in [1.807, 2.05) is 0 Å². The molecule has 3 atom stereocenters. The number of carbonyl (C=O) groups is 2. The van der Waals surface area contributed by atoms with Crippen LogP contribution in [0.3, 0.4) is 0 Å². The predicted octanol–water partition coefficient (Wildman–Crippen LogP) is 2.58. The molecule has 0 bridgehead atoms. The van der Waals surface area contributed by atoms with Crippen LogP contribution >= 0.6 is 22.9 Å². The average Bonchev–Trinajstić information content (AvgIpc) is 3.22. The SMILES string of the molecule is CN1CCc2nc(C(=O)N[C@@H]3C[C@@H](C(=O)N(C)C)CC[C@@H]3ONc3ccc(Cl)cn3)sc2C1. The molecule has 0 spiro atoms. The van der Waals surface area contributed by atoms with Crippen molar-refractivity contribution in [1.82, 2.24) is 25.1 Å². The van der Waals surface area contributed by atoms with Crippen LogP contribution in [0, 0.1) is 5.92 Å². The van der Waals surface area contributed by atoms with Crippen molar-refractivity contribution >= 4 is 40.6 Å². The summed E-state index contributed by atoms with van der Waals surface area (Å²) in [5.41, 5.74) is 3.87. The van der Waals surface area contributed by atoms with Crippen molar-refractivity contribution in [2.24, 2.45) is 5.92 Å². The Morgan fingerprint density at radius 1 is 1.30 bits per heavy atom. The maximum absolute atomic E-state index is 13.1. The van der Waals surface area contributed by atoms with Gasteiger partial charge in [0.2, 0.25) is 5.91 Å². The normalized spacial score (nSPS) is 23.0. The Kier molecular flexibility index (Phi) is 7.48. The average molecular weight is 493 g/mol. The summed E-state index contributed by atoms with van der Waals surface area (Å²) in [4.78, 5) is 45.4. The Morgan fingerprint density at radius 2 is 2.12 bits per heavy atom. The molecule has 0 saturated heterocycles. The lowest BCUT2D eigenvalue weighted by molar-refractivity contribution is -0.135. The molecule has 1 fully saturated rings. The molecule has 2 N–H and O–H groups in total. The van der Waals surface area contributed by atoms with Crippen LogP contribution in [0.25, 0.3) is 0 Å². The maximum atomic E-state index is 13.1. The number of aromatic nitrogens is 2. The molecule has 9 nitrogen and oxygen atoms in total. The fourth-order valence-electron chi connectivity index (χ4n) is 4.25. The Morgan fingerprint density at radius 3 is 2.85 bits per heavy atom. The van der Waals surface area contributed by atoms with E-state index in [4.69, 9.17) is 16.4 Å². The summed E-state index contributed by atoms with van der Waals surface area (Å²) < 4.78 is 0. The second-order valence-corrected chi connectivity index (χ2v) is 10.3. The molecule has 2 amide bonds. The second-order valence-electron chi connectivity index (χ2n) is 8.82. The van der Waals surface area contributed by atoms with Gasteiger partial charge in [-0.2, -0.15) is 0 Å². The number of thiazole rings is 1. The first-order valence-corrected chi connectivity index (χ1v) is 12.2. The standard InChI is InChI=1S/C22H29ClN6O3S/c1-28(2)22(31)13-4-6-17(32-27-19-7-5-14(23)11-24-19)16(10-13)25-20(30)21-26-15-8-9-29(3)12-18(15)33-21/h5,7,11,13,16-17H,4,6,8-10,12H2,1-3H3,(H,24,27)(H,25,30)/t13-,16+,17-/m0/s1.